The van der Waals surface area contributed by atoms with Crippen LogP contribution in [0.5, 0.6) is 0 Å². The lowest BCUT2D eigenvalue weighted by Gasteiger charge is -2.40. The van der Waals surface area contributed by atoms with Crippen LogP contribution in [0.3, 0.4) is 0 Å². The monoisotopic (exact) mass is 284 g/mol. The van der Waals surface area contributed by atoms with Gasteiger partial charge in [-0.3, -0.25) is 0 Å². The van der Waals surface area contributed by atoms with Crippen LogP contribution in [0.25, 0.3) is 0 Å². The van der Waals surface area contributed by atoms with Crippen LogP contribution >= 0.6 is 0 Å². The van der Waals surface area contributed by atoms with Gasteiger partial charge in [0.15, 0.2) is 0 Å². The molecule has 20 heavy (non-hydrogen) atoms. The predicted octanol–water partition coefficient (Wildman–Crippen LogP) is 3.29. The lowest BCUT2D eigenvalue weighted by Crippen LogP contribution is -2.50. The Morgan fingerprint density at radius 1 is 1.25 bits per heavy atom. The number of hydrogen-bond acceptors (Lipinski definition) is 3. The van der Waals surface area contributed by atoms with Crippen LogP contribution in [-0.4, -0.2) is 49.8 Å². The molecule has 0 radical (unpaired) electrons. The van der Waals surface area contributed by atoms with E-state index in [4.69, 9.17) is 4.74 Å². The Morgan fingerprint density at radius 3 is 2.50 bits per heavy atom. The molecule has 0 spiro atoms. The van der Waals surface area contributed by atoms with Crippen molar-refractivity contribution in [3.8, 4) is 0 Å². The summed E-state index contributed by atoms with van der Waals surface area (Å²) >= 11 is 0. The Kier molecular flexibility index (Phi) is 6.96. The standard InChI is InChI=1S/C17H36N2O/c1-7-10-17(5,13-18-16(2,3)4)14-19-11-8-9-15(12-19)20-6/h15,18H,7-14H2,1-6H3. The van der Waals surface area contributed by atoms with Gasteiger partial charge in [0.25, 0.3) is 0 Å². The highest BCUT2D eigenvalue weighted by molar-refractivity contribution is 4.86. The number of nitrogens with one attached hydrogen (secondary N) is 1. The Hall–Kier alpha value is -0.120. The summed E-state index contributed by atoms with van der Waals surface area (Å²) in [5.41, 5.74) is 0.559. The third-order valence-electron chi connectivity index (χ3n) is 4.30. The van der Waals surface area contributed by atoms with Crippen molar-refractivity contribution in [2.75, 3.05) is 33.3 Å². The smallest absolute Gasteiger partial charge is 0.0698 e. The normalized spacial score (nSPS) is 24.6. The second-order valence-electron chi connectivity index (χ2n) is 7.90. The lowest BCUT2D eigenvalue weighted by molar-refractivity contribution is 0.0141. The Bertz CT molecular complexity index is 275. The van der Waals surface area contributed by atoms with Crippen LogP contribution in [0, 0.1) is 5.41 Å². The van der Waals surface area contributed by atoms with Crippen molar-refractivity contribution in [1.82, 2.24) is 10.2 Å². The summed E-state index contributed by atoms with van der Waals surface area (Å²) in [7, 11) is 1.85. The summed E-state index contributed by atoms with van der Waals surface area (Å²) in [4.78, 5) is 2.61. The molecule has 1 N–H and O–H groups in total. The third kappa shape index (κ3) is 6.55. The van der Waals surface area contributed by atoms with E-state index >= 15 is 0 Å². The van der Waals surface area contributed by atoms with E-state index in [0.717, 1.165) is 13.1 Å². The minimum absolute atomic E-state index is 0.200. The number of rotatable bonds is 7. The second-order valence-corrected chi connectivity index (χ2v) is 7.90. The zero-order chi connectivity index (χ0) is 15.2. The number of hydrogen-bond donors (Lipinski definition) is 1. The van der Waals surface area contributed by atoms with Gasteiger partial charge in [-0.15, -0.1) is 0 Å². The van der Waals surface area contributed by atoms with Gasteiger partial charge in [0.05, 0.1) is 6.10 Å². The van der Waals surface area contributed by atoms with Gasteiger partial charge in [-0.2, -0.15) is 0 Å². The van der Waals surface area contributed by atoms with Crippen LogP contribution in [0.1, 0.15) is 60.3 Å². The molecule has 1 heterocycles. The van der Waals surface area contributed by atoms with E-state index in [-0.39, 0.29) is 5.54 Å². The van der Waals surface area contributed by atoms with Gasteiger partial charge in [0.1, 0.15) is 0 Å². The molecule has 1 aliphatic heterocycles. The molecule has 0 aromatic rings. The maximum absolute atomic E-state index is 5.55. The molecule has 0 aliphatic carbocycles. The largest absolute Gasteiger partial charge is 0.380 e. The van der Waals surface area contributed by atoms with Crippen molar-refractivity contribution < 1.29 is 4.74 Å². The highest BCUT2D eigenvalue weighted by Crippen LogP contribution is 2.26. The average Bonchev–Trinajstić information content (AvgIpc) is 2.36. The topological polar surface area (TPSA) is 24.5 Å². The fraction of sp³-hybridized carbons (Fsp3) is 1.00. The summed E-state index contributed by atoms with van der Waals surface area (Å²) < 4.78 is 5.55. The molecule has 0 aromatic heterocycles. The lowest BCUT2D eigenvalue weighted by atomic mass is 9.83. The molecule has 0 bridgehead atoms. The zero-order valence-corrected chi connectivity index (χ0v) is 14.6. The van der Waals surface area contributed by atoms with Crippen molar-refractivity contribution in [3.05, 3.63) is 0 Å². The molecule has 1 saturated heterocycles. The Balaban J connectivity index is 2.55. The van der Waals surface area contributed by atoms with Crippen molar-refractivity contribution >= 4 is 0 Å². The number of piperidine rings is 1. The van der Waals surface area contributed by atoms with Gasteiger partial charge in [-0.05, 0) is 52.0 Å². The minimum Gasteiger partial charge on any atom is -0.380 e. The maximum atomic E-state index is 5.55. The van der Waals surface area contributed by atoms with Gasteiger partial charge in [0, 0.05) is 32.3 Å². The van der Waals surface area contributed by atoms with Gasteiger partial charge >= 0.3 is 0 Å². The number of methoxy groups -OCH3 is 1. The molecule has 0 aromatic carbocycles. The van der Waals surface area contributed by atoms with Crippen LogP contribution in [0.2, 0.25) is 0 Å². The van der Waals surface area contributed by atoms with Gasteiger partial charge in [-0.25, -0.2) is 0 Å². The molecule has 2 unspecified atom stereocenters. The van der Waals surface area contributed by atoms with E-state index in [0.29, 0.717) is 11.5 Å². The summed E-state index contributed by atoms with van der Waals surface area (Å²) in [5, 5.41) is 3.70. The molecule has 0 saturated carbocycles. The second kappa shape index (κ2) is 7.77. The van der Waals surface area contributed by atoms with E-state index < -0.39 is 0 Å². The molecule has 2 atom stereocenters. The first-order valence-corrected chi connectivity index (χ1v) is 8.28. The molecule has 0 amide bonds. The van der Waals surface area contributed by atoms with Crippen molar-refractivity contribution in [2.45, 2.75) is 71.9 Å². The summed E-state index contributed by atoms with van der Waals surface area (Å²) in [6, 6.07) is 0. The minimum atomic E-state index is 0.200. The average molecular weight is 284 g/mol. The van der Waals surface area contributed by atoms with Crippen LogP contribution in [0.15, 0.2) is 0 Å². The first-order valence-electron chi connectivity index (χ1n) is 8.28. The zero-order valence-electron chi connectivity index (χ0n) is 14.6. The fourth-order valence-corrected chi connectivity index (χ4v) is 3.19. The van der Waals surface area contributed by atoms with Crippen molar-refractivity contribution in [2.24, 2.45) is 5.41 Å². The highest BCUT2D eigenvalue weighted by atomic mass is 16.5. The first kappa shape index (κ1) is 17.9. The number of nitrogens with zero attached hydrogens (tertiary/aromatic N) is 1. The molecule has 1 rings (SSSR count). The van der Waals surface area contributed by atoms with Crippen molar-refractivity contribution in [1.29, 1.82) is 0 Å². The van der Waals surface area contributed by atoms with E-state index in [9.17, 15) is 0 Å². The summed E-state index contributed by atoms with van der Waals surface area (Å²) in [5.74, 6) is 0. The van der Waals surface area contributed by atoms with Gasteiger partial charge < -0.3 is 15.0 Å². The highest BCUT2D eigenvalue weighted by Gasteiger charge is 2.30. The van der Waals surface area contributed by atoms with E-state index in [1.54, 1.807) is 0 Å². The van der Waals surface area contributed by atoms with Gasteiger partial charge in [-0.1, -0.05) is 20.3 Å². The SMILES string of the molecule is CCCC(C)(CNC(C)(C)C)CN1CCCC(OC)C1. The third-order valence-corrected chi connectivity index (χ3v) is 4.30. The van der Waals surface area contributed by atoms with Crippen LogP contribution < -0.4 is 5.32 Å². The maximum Gasteiger partial charge on any atom is 0.0698 e. The van der Waals surface area contributed by atoms with Crippen LogP contribution in [0.4, 0.5) is 0 Å². The van der Waals surface area contributed by atoms with Gasteiger partial charge in [0.2, 0.25) is 0 Å². The molecule has 1 fully saturated rings. The summed E-state index contributed by atoms with van der Waals surface area (Å²) in [6.45, 7) is 16.1. The molecule has 3 nitrogen and oxygen atoms in total. The Morgan fingerprint density at radius 2 is 1.95 bits per heavy atom. The van der Waals surface area contributed by atoms with Crippen LogP contribution in [-0.2, 0) is 4.74 Å². The van der Waals surface area contributed by atoms with E-state index in [2.05, 4.69) is 44.8 Å². The molecular weight excluding hydrogens is 248 g/mol. The molecule has 120 valence electrons. The number of ether oxygens (including phenoxy) is 1. The quantitative estimate of drug-likeness (QED) is 0.776. The molecule has 1 aliphatic rings. The molecule has 3 heteroatoms. The van der Waals surface area contributed by atoms with E-state index in [1.165, 1.54) is 38.8 Å². The number of likely N-dealkylation sites (tertiary alicyclic amines) is 1. The molecular formula is C17H36N2O. The first-order chi connectivity index (χ1) is 9.28. The van der Waals surface area contributed by atoms with Crippen molar-refractivity contribution in [3.63, 3.8) is 0 Å². The summed E-state index contributed by atoms with van der Waals surface area (Å²) in [6.07, 6.45) is 5.46. The Labute approximate surface area is 126 Å². The fourth-order valence-electron chi connectivity index (χ4n) is 3.19. The predicted molar refractivity (Wildman–Crippen MR) is 87.2 cm³/mol. The van der Waals surface area contributed by atoms with E-state index in [1.807, 2.05) is 7.11 Å².